The minimum Gasteiger partial charge on any atom is -0.294 e. The van der Waals surface area contributed by atoms with E-state index in [2.05, 4.69) is 0 Å². The van der Waals surface area contributed by atoms with Crippen molar-refractivity contribution in [3.8, 4) is 0 Å². The Labute approximate surface area is 110 Å². The maximum Gasteiger partial charge on any atom is 0.167 e. The van der Waals surface area contributed by atoms with Gasteiger partial charge in [-0.3, -0.25) is 4.79 Å². The molecule has 0 aliphatic heterocycles. The maximum absolute atomic E-state index is 13.2. The molecule has 0 aromatic heterocycles. The molecule has 0 saturated carbocycles. The summed E-state index contributed by atoms with van der Waals surface area (Å²) in [5.74, 6) is -0.496. The first-order valence-corrected chi connectivity index (χ1v) is 5.97. The molecule has 92 valence electrons. The number of hydrogen-bond acceptors (Lipinski definition) is 1. The Morgan fingerprint density at radius 3 is 2.67 bits per heavy atom. The van der Waals surface area contributed by atoms with Crippen LogP contribution >= 0.6 is 11.6 Å². The van der Waals surface area contributed by atoms with E-state index in [9.17, 15) is 9.18 Å². The van der Waals surface area contributed by atoms with Crippen LogP contribution in [0.15, 0.2) is 42.5 Å². The predicted octanol–water partition coefficient (Wildman–Crippen LogP) is 4.21. The Balaban J connectivity index is 2.22. The van der Waals surface area contributed by atoms with E-state index in [4.69, 9.17) is 11.6 Å². The van der Waals surface area contributed by atoms with Gasteiger partial charge < -0.3 is 0 Å². The molecule has 0 bridgehead atoms. The van der Waals surface area contributed by atoms with Gasteiger partial charge in [0.2, 0.25) is 0 Å². The van der Waals surface area contributed by atoms with Crippen LogP contribution in [-0.4, -0.2) is 5.78 Å². The number of benzene rings is 2. The monoisotopic (exact) mass is 262 g/mol. The van der Waals surface area contributed by atoms with Gasteiger partial charge in [0.1, 0.15) is 5.82 Å². The van der Waals surface area contributed by atoms with Crippen molar-refractivity contribution in [1.29, 1.82) is 0 Å². The van der Waals surface area contributed by atoms with Crippen molar-refractivity contribution in [2.24, 2.45) is 0 Å². The molecule has 0 fully saturated rings. The van der Waals surface area contributed by atoms with Crippen molar-refractivity contribution in [3.63, 3.8) is 0 Å². The van der Waals surface area contributed by atoms with Crippen molar-refractivity contribution in [1.82, 2.24) is 0 Å². The van der Waals surface area contributed by atoms with Crippen LogP contribution < -0.4 is 0 Å². The summed E-state index contributed by atoms with van der Waals surface area (Å²) in [6.45, 7) is 1.76. The fraction of sp³-hybridized carbons (Fsp3) is 0.133. The average Bonchev–Trinajstić information content (AvgIpc) is 2.27. The van der Waals surface area contributed by atoms with Crippen LogP contribution in [0, 0.1) is 12.7 Å². The van der Waals surface area contributed by atoms with Crippen LogP contribution in [0.1, 0.15) is 21.5 Å². The van der Waals surface area contributed by atoms with Crippen LogP contribution in [0.4, 0.5) is 4.39 Å². The van der Waals surface area contributed by atoms with Crippen LogP contribution in [0.2, 0.25) is 5.02 Å². The Hall–Kier alpha value is -1.67. The van der Waals surface area contributed by atoms with Crippen molar-refractivity contribution < 1.29 is 9.18 Å². The third-order valence-electron chi connectivity index (χ3n) is 2.62. The summed E-state index contributed by atoms with van der Waals surface area (Å²) in [4.78, 5) is 12.0. The number of Topliss-reactive ketones (excluding diaryl/α,β-unsaturated/α-hetero) is 1. The van der Waals surface area contributed by atoms with Gasteiger partial charge >= 0.3 is 0 Å². The molecule has 0 aliphatic rings. The number of carbonyl (C=O) groups excluding carboxylic acids is 1. The molecule has 18 heavy (non-hydrogen) atoms. The molecule has 0 spiro atoms. The fourth-order valence-corrected chi connectivity index (χ4v) is 2.04. The third-order valence-corrected chi connectivity index (χ3v) is 2.85. The minimum absolute atomic E-state index is 0.111. The van der Waals surface area contributed by atoms with Crippen molar-refractivity contribution >= 4 is 17.4 Å². The van der Waals surface area contributed by atoms with Crippen molar-refractivity contribution in [3.05, 3.63) is 70.0 Å². The number of halogens is 2. The lowest BCUT2D eigenvalue weighted by atomic mass is 10.0. The van der Waals surface area contributed by atoms with E-state index in [1.54, 1.807) is 31.2 Å². The Morgan fingerprint density at radius 1 is 1.22 bits per heavy atom. The minimum atomic E-state index is -0.385. The number of hydrogen-bond donors (Lipinski definition) is 0. The third kappa shape index (κ3) is 3.17. The highest BCUT2D eigenvalue weighted by molar-refractivity contribution is 6.30. The summed E-state index contributed by atoms with van der Waals surface area (Å²) >= 11 is 5.85. The molecule has 0 radical (unpaired) electrons. The molecule has 0 unspecified atom stereocenters. The molecule has 0 N–H and O–H groups in total. The molecule has 0 atom stereocenters. The molecule has 2 rings (SSSR count). The van der Waals surface area contributed by atoms with Gasteiger partial charge in [-0.1, -0.05) is 23.7 Å². The van der Waals surface area contributed by atoms with Gasteiger partial charge in [0, 0.05) is 17.0 Å². The van der Waals surface area contributed by atoms with E-state index < -0.39 is 0 Å². The normalized spacial score (nSPS) is 10.4. The second-order valence-electron chi connectivity index (χ2n) is 4.25. The number of aryl methyl sites for hydroxylation is 1. The standard InChI is InChI=1S/C15H12ClFO/c1-10-5-12(9-14(17)6-10)15(18)8-11-3-2-4-13(16)7-11/h2-7,9H,8H2,1H3. The Bertz CT molecular complexity index is 573. The first kappa shape index (κ1) is 12.8. The lowest BCUT2D eigenvalue weighted by molar-refractivity contribution is 0.0992. The highest BCUT2D eigenvalue weighted by Crippen LogP contribution is 2.15. The summed E-state index contributed by atoms with van der Waals surface area (Å²) in [6.07, 6.45) is 0.226. The van der Waals surface area contributed by atoms with Gasteiger partial charge in [-0.05, 0) is 48.4 Å². The van der Waals surface area contributed by atoms with E-state index in [0.29, 0.717) is 10.6 Å². The Morgan fingerprint density at radius 2 is 2.00 bits per heavy atom. The first-order chi connectivity index (χ1) is 8.54. The molecule has 0 heterocycles. The van der Waals surface area contributed by atoms with E-state index >= 15 is 0 Å². The van der Waals surface area contributed by atoms with Gasteiger partial charge in [0.25, 0.3) is 0 Å². The average molecular weight is 263 g/mol. The lowest BCUT2D eigenvalue weighted by Gasteiger charge is -2.04. The predicted molar refractivity (Wildman–Crippen MR) is 70.6 cm³/mol. The second-order valence-corrected chi connectivity index (χ2v) is 4.68. The quantitative estimate of drug-likeness (QED) is 0.757. The SMILES string of the molecule is Cc1cc(F)cc(C(=O)Cc2cccc(Cl)c2)c1. The van der Waals surface area contributed by atoms with Gasteiger partial charge in [0.05, 0.1) is 0 Å². The highest BCUT2D eigenvalue weighted by atomic mass is 35.5. The molecule has 0 aliphatic carbocycles. The summed E-state index contributed by atoms with van der Waals surface area (Å²) in [7, 11) is 0. The van der Waals surface area contributed by atoms with Gasteiger partial charge in [-0.2, -0.15) is 0 Å². The summed E-state index contributed by atoms with van der Waals surface area (Å²) in [6, 6.07) is 11.5. The van der Waals surface area contributed by atoms with Crippen LogP contribution in [0.3, 0.4) is 0 Å². The number of carbonyl (C=O) groups is 1. The van der Waals surface area contributed by atoms with Crippen LogP contribution in [0.25, 0.3) is 0 Å². The largest absolute Gasteiger partial charge is 0.294 e. The first-order valence-electron chi connectivity index (χ1n) is 5.59. The highest BCUT2D eigenvalue weighted by Gasteiger charge is 2.09. The maximum atomic E-state index is 13.2. The number of rotatable bonds is 3. The molecule has 2 aromatic carbocycles. The molecule has 0 amide bonds. The lowest BCUT2D eigenvalue weighted by Crippen LogP contribution is -2.04. The molecule has 0 saturated heterocycles. The smallest absolute Gasteiger partial charge is 0.167 e. The second kappa shape index (κ2) is 5.32. The van der Waals surface area contributed by atoms with Crippen LogP contribution in [0.5, 0.6) is 0 Å². The van der Waals surface area contributed by atoms with Gasteiger partial charge in [0.15, 0.2) is 5.78 Å². The summed E-state index contributed by atoms with van der Waals surface area (Å²) in [5, 5.41) is 0.593. The topological polar surface area (TPSA) is 17.1 Å². The molecular weight excluding hydrogens is 251 g/mol. The fourth-order valence-electron chi connectivity index (χ4n) is 1.83. The van der Waals surface area contributed by atoms with Gasteiger partial charge in [-0.25, -0.2) is 4.39 Å². The zero-order chi connectivity index (χ0) is 13.1. The van der Waals surface area contributed by atoms with E-state index in [1.807, 2.05) is 6.07 Å². The van der Waals surface area contributed by atoms with Crippen molar-refractivity contribution in [2.45, 2.75) is 13.3 Å². The summed E-state index contributed by atoms with van der Waals surface area (Å²) in [5.41, 5.74) is 1.96. The zero-order valence-electron chi connectivity index (χ0n) is 9.91. The molecule has 3 heteroatoms. The van der Waals surface area contributed by atoms with E-state index in [0.717, 1.165) is 11.1 Å². The molecule has 1 nitrogen and oxygen atoms in total. The Kier molecular flexibility index (Phi) is 3.78. The van der Waals surface area contributed by atoms with Crippen LogP contribution in [-0.2, 0) is 6.42 Å². The summed E-state index contributed by atoms with van der Waals surface area (Å²) < 4.78 is 13.2. The van der Waals surface area contributed by atoms with Crippen molar-refractivity contribution in [2.75, 3.05) is 0 Å². The van der Waals surface area contributed by atoms with Gasteiger partial charge in [-0.15, -0.1) is 0 Å². The zero-order valence-corrected chi connectivity index (χ0v) is 10.7. The molecule has 2 aromatic rings. The molecular formula is C15H12ClFO. The van der Waals surface area contributed by atoms with E-state index in [1.165, 1.54) is 12.1 Å². The number of ketones is 1. The van der Waals surface area contributed by atoms with E-state index in [-0.39, 0.29) is 18.0 Å².